The van der Waals surface area contributed by atoms with Gasteiger partial charge in [0.1, 0.15) is 5.75 Å². The van der Waals surface area contributed by atoms with Crippen LogP contribution >= 0.6 is 0 Å². The molecule has 0 aromatic heterocycles. The minimum Gasteiger partial charge on any atom is -0.508 e. The molecule has 1 aromatic carbocycles. The Morgan fingerprint density at radius 1 is 1.35 bits per heavy atom. The number of nitrogens with one attached hydrogen (secondary N) is 1. The van der Waals surface area contributed by atoms with Crippen molar-refractivity contribution in [3.05, 3.63) is 23.8 Å². The van der Waals surface area contributed by atoms with Crippen LogP contribution in [-0.4, -0.2) is 11.0 Å². The van der Waals surface area contributed by atoms with E-state index in [1.165, 1.54) is 0 Å². The van der Waals surface area contributed by atoms with Crippen molar-refractivity contribution < 1.29 is 9.90 Å². The van der Waals surface area contributed by atoms with E-state index < -0.39 is 0 Å². The van der Waals surface area contributed by atoms with Crippen LogP contribution in [0, 0.1) is 18.3 Å². The van der Waals surface area contributed by atoms with Crippen molar-refractivity contribution in [3.8, 4) is 5.75 Å². The van der Waals surface area contributed by atoms with E-state index in [9.17, 15) is 9.90 Å². The zero-order chi connectivity index (χ0) is 14.8. The third kappa shape index (κ3) is 2.97. The highest BCUT2D eigenvalue weighted by atomic mass is 16.3. The summed E-state index contributed by atoms with van der Waals surface area (Å²) in [5.41, 5.74) is 1.25. The summed E-state index contributed by atoms with van der Waals surface area (Å²) >= 11 is 0. The van der Waals surface area contributed by atoms with Crippen LogP contribution < -0.4 is 5.32 Å². The SMILES string of the molecule is Cc1c(O)cccc1NC(=O)C1(CC(C)C)CCCC1. The number of benzene rings is 1. The van der Waals surface area contributed by atoms with Gasteiger partial charge >= 0.3 is 0 Å². The van der Waals surface area contributed by atoms with Crippen LogP contribution in [0.3, 0.4) is 0 Å². The van der Waals surface area contributed by atoms with Crippen LogP contribution in [0.25, 0.3) is 0 Å². The van der Waals surface area contributed by atoms with Crippen molar-refractivity contribution in [1.29, 1.82) is 0 Å². The molecule has 0 saturated heterocycles. The van der Waals surface area contributed by atoms with Gasteiger partial charge in [0.15, 0.2) is 0 Å². The third-order valence-corrected chi connectivity index (χ3v) is 4.39. The Morgan fingerprint density at radius 3 is 2.60 bits per heavy atom. The van der Waals surface area contributed by atoms with Crippen LogP contribution in [-0.2, 0) is 4.79 Å². The molecule has 0 spiro atoms. The summed E-state index contributed by atoms with van der Waals surface area (Å²) in [5.74, 6) is 0.869. The average molecular weight is 275 g/mol. The van der Waals surface area contributed by atoms with Crippen molar-refractivity contribution in [2.45, 2.75) is 52.9 Å². The molecule has 20 heavy (non-hydrogen) atoms. The Balaban J connectivity index is 2.19. The zero-order valence-corrected chi connectivity index (χ0v) is 12.7. The highest BCUT2D eigenvalue weighted by Crippen LogP contribution is 2.44. The van der Waals surface area contributed by atoms with Gasteiger partial charge in [-0.05, 0) is 44.2 Å². The minimum atomic E-state index is -0.216. The number of hydrogen-bond donors (Lipinski definition) is 2. The molecule has 0 unspecified atom stereocenters. The van der Waals surface area contributed by atoms with Crippen molar-refractivity contribution >= 4 is 11.6 Å². The fourth-order valence-corrected chi connectivity index (χ4v) is 3.37. The van der Waals surface area contributed by atoms with E-state index in [0.717, 1.165) is 43.4 Å². The molecule has 1 saturated carbocycles. The van der Waals surface area contributed by atoms with Gasteiger partial charge in [-0.1, -0.05) is 32.8 Å². The van der Waals surface area contributed by atoms with E-state index in [4.69, 9.17) is 0 Å². The normalized spacial score (nSPS) is 17.4. The highest BCUT2D eigenvalue weighted by molar-refractivity contribution is 5.96. The van der Waals surface area contributed by atoms with Gasteiger partial charge in [-0.15, -0.1) is 0 Å². The smallest absolute Gasteiger partial charge is 0.230 e. The lowest BCUT2D eigenvalue weighted by atomic mass is 9.77. The van der Waals surface area contributed by atoms with Gasteiger partial charge in [0, 0.05) is 16.7 Å². The van der Waals surface area contributed by atoms with Gasteiger partial charge in [-0.2, -0.15) is 0 Å². The van der Waals surface area contributed by atoms with Crippen LogP contribution in [0.1, 0.15) is 51.5 Å². The van der Waals surface area contributed by atoms with E-state index >= 15 is 0 Å². The first kappa shape index (κ1) is 14.9. The Morgan fingerprint density at radius 2 is 2.00 bits per heavy atom. The number of phenolic OH excluding ortho intramolecular Hbond substituents is 1. The van der Waals surface area contributed by atoms with Crippen LogP contribution in [0.5, 0.6) is 5.75 Å². The first-order chi connectivity index (χ1) is 9.44. The Hall–Kier alpha value is -1.51. The molecular formula is C17H25NO2. The van der Waals surface area contributed by atoms with E-state index in [1.807, 2.05) is 13.0 Å². The van der Waals surface area contributed by atoms with Crippen molar-refractivity contribution in [1.82, 2.24) is 0 Å². The van der Waals surface area contributed by atoms with Gasteiger partial charge < -0.3 is 10.4 Å². The van der Waals surface area contributed by atoms with E-state index in [-0.39, 0.29) is 17.1 Å². The highest BCUT2D eigenvalue weighted by Gasteiger charge is 2.41. The molecule has 110 valence electrons. The monoisotopic (exact) mass is 275 g/mol. The van der Waals surface area contributed by atoms with Gasteiger partial charge in [0.05, 0.1) is 0 Å². The summed E-state index contributed by atoms with van der Waals surface area (Å²) in [7, 11) is 0. The maximum absolute atomic E-state index is 12.7. The molecule has 0 radical (unpaired) electrons. The summed E-state index contributed by atoms with van der Waals surface area (Å²) in [6.45, 7) is 6.18. The minimum absolute atomic E-state index is 0.123. The van der Waals surface area contributed by atoms with Crippen LogP contribution in [0.4, 0.5) is 5.69 Å². The summed E-state index contributed by atoms with van der Waals surface area (Å²) < 4.78 is 0. The van der Waals surface area contributed by atoms with Crippen LogP contribution in [0.2, 0.25) is 0 Å². The molecule has 0 heterocycles. The number of rotatable bonds is 4. The fourth-order valence-electron chi connectivity index (χ4n) is 3.37. The molecule has 1 aliphatic rings. The molecular weight excluding hydrogens is 250 g/mol. The molecule has 1 aromatic rings. The second kappa shape index (κ2) is 5.86. The number of carbonyl (C=O) groups is 1. The first-order valence-corrected chi connectivity index (χ1v) is 7.55. The Labute approximate surface area is 121 Å². The lowest BCUT2D eigenvalue weighted by molar-refractivity contribution is -0.126. The number of hydrogen-bond acceptors (Lipinski definition) is 2. The molecule has 1 fully saturated rings. The Bertz CT molecular complexity index is 488. The van der Waals surface area contributed by atoms with Gasteiger partial charge in [0.2, 0.25) is 5.91 Å². The van der Waals surface area contributed by atoms with E-state index in [2.05, 4.69) is 19.2 Å². The van der Waals surface area contributed by atoms with E-state index in [1.54, 1.807) is 12.1 Å². The summed E-state index contributed by atoms with van der Waals surface area (Å²) in [6.07, 6.45) is 5.18. The number of aromatic hydroxyl groups is 1. The van der Waals surface area contributed by atoms with Crippen LogP contribution in [0.15, 0.2) is 18.2 Å². The quantitative estimate of drug-likeness (QED) is 0.863. The number of phenols is 1. The topological polar surface area (TPSA) is 49.3 Å². The van der Waals surface area contributed by atoms with E-state index in [0.29, 0.717) is 5.92 Å². The van der Waals surface area contributed by atoms with Crippen molar-refractivity contribution in [3.63, 3.8) is 0 Å². The largest absolute Gasteiger partial charge is 0.508 e. The molecule has 0 aliphatic heterocycles. The predicted octanol–water partition coefficient (Wildman–Crippen LogP) is 4.25. The molecule has 0 bridgehead atoms. The second-order valence-corrected chi connectivity index (χ2v) is 6.49. The van der Waals surface area contributed by atoms with Gasteiger partial charge in [-0.25, -0.2) is 0 Å². The Kier molecular flexibility index (Phi) is 4.36. The fraction of sp³-hybridized carbons (Fsp3) is 0.588. The van der Waals surface area contributed by atoms with Gasteiger partial charge in [0.25, 0.3) is 0 Å². The molecule has 1 amide bonds. The summed E-state index contributed by atoms with van der Waals surface area (Å²) in [6, 6.07) is 5.26. The molecule has 2 N–H and O–H groups in total. The lowest BCUT2D eigenvalue weighted by Gasteiger charge is -2.29. The molecule has 3 heteroatoms. The summed E-state index contributed by atoms with van der Waals surface area (Å²) in [4.78, 5) is 12.7. The lowest BCUT2D eigenvalue weighted by Crippen LogP contribution is -2.35. The molecule has 2 rings (SSSR count). The van der Waals surface area contributed by atoms with Crippen molar-refractivity contribution in [2.24, 2.45) is 11.3 Å². The second-order valence-electron chi connectivity index (χ2n) is 6.49. The van der Waals surface area contributed by atoms with Crippen molar-refractivity contribution in [2.75, 3.05) is 5.32 Å². The molecule has 1 aliphatic carbocycles. The molecule has 0 atom stereocenters. The first-order valence-electron chi connectivity index (χ1n) is 7.55. The maximum Gasteiger partial charge on any atom is 0.230 e. The summed E-state index contributed by atoms with van der Waals surface area (Å²) in [5, 5.41) is 12.8. The third-order valence-electron chi connectivity index (χ3n) is 4.39. The standard InChI is InChI=1S/C17H25NO2/c1-12(2)11-17(9-4-5-10-17)16(20)18-14-7-6-8-15(19)13(14)3/h6-8,12,19H,4-5,9-11H2,1-3H3,(H,18,20). The number of carbonyl (C=O) groups excluding carboxylic acids is 1. The maximum atomic E-state index is 12.7. The predicted molar refractivity (Wildman–Crippen MR) is 81.8 cm³/mol. The molecule has 3 nitrogen and oxygen atoms in total. The zero-order valence-electron chi connectivity index (χ0n) is 12.7. The number of anilines is 1. The average Bonchev–Trinajstić information content (AvgIpc) is 2.84. The van der Waals surface area contributed by atoms with Gasteiger partial charge in [-0.3, -0.25) is 4.79 Å². The number of amides is 1.